The zero-order chi connectivity index (χ0) is 14.3. The van der Waals surface area contributed by atoms with Crippen LogP contribution in [0.15, 0.2) is 30.3 Å². The van der Waals surface area contributed by atoms with Crippen LogP contribution in [0.2, 0.25) is 0 Å². The molecule has 2 nitrogen and oxygen atoms in total. The number of rotatable bonds is 2. The Balaban J connectivity index is 1.81. The van der Waals surface area contributed by atoms with Crippen molar-refractivity contribution < 1.29 is 0 Å². The first-order valence-corrected chi connectivity index (χ1v) is 8.01. The van der Waals surface area contributed by atoms with E-state index in [0.717, 1.165) is 18.5 Å². The predicted molar refractivity (Wildman–Crippen MR) is 84.7 cm³/mol. The van der Waals surface area contributed by atoms with E-state index >= 15 is 0 Å². The highest BCUT2D eigenvalue weighted by atomic mass is 15.3. The molecule has 20 heavy (non-hydrogen) atoms. The molecule has 2 heteroatoms. The Kier molecular flexibility index (Phi) is 3.64. The molecule has 0 bridgehead atoms. The van der Waals surface area contributed by atoms with Gasteiger partial charge in [-0.05, 0) is 23.3 Å². The predicted octanol–water partition coefficient (Wildman–Crippen LogP) is 3.46. The van der Waals surface area contributed by atoms with E-state index in [1.165, 1.54) is 18.5 Å². The average molecular weight is 272 g/mol. The van der Waals surface area contributed by atoms with Gasteiger partial charge in [-0.3, -0.25) is 4.90 Å². The van der Waals surface area contributed by atoms with Crippen LogP contribution in [-0.4, -0.2) is 30.1 Å². The summed E-state index contributed by atoms with van der Waals surface area (Å²) < 4.78 is 0. The molecule has 0 amide bonds. The van der Waals surface area contributed by atoms with Crippen molar-refractivity contribution in [2.24, 2.45) is 11.3 Å². The molecule has 110 valence electrons. The summed E-state index contributed by atoms with van der Waals surface area (Å²) >= 11 is 0. The zero-order valence-corrected chi connectivity index (χ0v) is 13.3. The summed E-state index contributed by atoms with van der Waals surface area (Å²) in [6, 6.07) is 12.9. The van der Waals surface area contributed by atoms with Crippen LogP contribution in [0.4, 0.5) is 0 Å². The summed E-state index contributed by atoms with van der Waals surface area (Å²) in [7, 11) is 0. The molecule has 4 unspecified atom stereocenters. The summed E-state index contributed by atoms with van der Waals surface area (Å²) in [6.07, 6.45) is 1.38. The van der Waals surface area contributed by atoms with Crippen molar-refractivity contribution in [1.29, 1.82) is 0 Å². The fraction of sp³-hybridized carbons (Fsp3) is 0.667. The van der Waals surface area contributed by atoms with Gasteiger partial charge in [-0.25, -0.2) is 0 Å². The monoisotopic (exact) mass is 272 g/mol. The van der Waals surface area contributed by atoms with Crippen LogP contribution < -0.4 is 5.32 Å². The maximum absolute atomic E-state index is 3.79. The second-order valence-corrected chi connectivity index (χ2v) is 7.73. The van der Waals surface area contributed by atoms with Gasteiger partial charge in [-0.2, -0.15) is 0 Å². The molecule has 0 aromatic heterocycles. The van der Waals surface area contributed by atoms with Gasteiger partial charge in [0.05, 0.1) is 0 Å². The van der Waals surface area contributed by atoms with E-state index in [4.69, 9.17) is 0 Å². The number of nitrogens with one attached hydrogen (secondary N) is 1. The Morgan fingerprint density at radius 1 is 1.15 bits per heavy atom. The third-order valence-electron chi connectivity index (χ3n) is 5.07. The lowest BCUT2D eigenvalue weighted by Gasteiger charge is -2.45. The Morgan fingerprint density at radius 2 is 1.80 bits per heavy atom. The average Bonchev–Trinajstić information content (AvgIpc) is 3.15. The highest BCUT2D eigenvalue weighted by molar-refractivity contribution is 5.21. The summed E-state index contributed by atoms with van der Waals surface area (Å²) in [6.45, 7) is 11.7. The van der Waals surface area contributed by atoms with Gasteiger partial charge in [-0.1, -0.05) is 58.0 Å². The smallest absolute Gasteiger partial charge is 0.0476 e. The highest BCUT2D eigenvalue weighted by Crippen LogP contribution is 2.42. The van der Waals surface area contributed by atoms with Crippen molar-refractivity contribution in [2.45, 2.75) is 52.2 Å². The van der Waals surface area contributed by atoms with E-state index in [0.29, 0.717) is 17.5 Å². The number of hydrogen-bond acceptors (Lipinski definition) is 2. The number of hydrogen-bond donors (Lipinski definition) is 1. The molecular formula is C18H28N2. The van der Waals surface area contributed by atoms with Crippen LogP contribution in [-0.2, 0) is 0 Å². The summed E-state index contributed by atoms with van der Waals surface area (Å²) in [5, 5.41) is 3.79. The molecule has 1 aliphatic heterocycles. The molecule has 1 saturated carbocycles. The molecule has 1 aromatic rings. The van der Waals surface area contributed by atoms with Gasteiger partial charge in [0.15, 0.2) is 0 Å². The molecule has 1 saturated heterocycles. The van der Waals surface area contributed by atoms with Crippen LogP contribution in [0.3, 0.4) is 0 Å². The maximum Gasteiger partial charge on any atom is 0.0476 e. The Hall–Kier alpha value is -0.860. The number of benzene rings is 1. The van der Waals surface area contributed by atoms with Crippen molar-refractivity contribution in [3.63, 3.8) is 0 Å². The molecule has 1 N–H and O–H groups in total. The van der Waals surface area contributed by atoms with Gasteiger partial charge in [0, 0.05) is 31.2 Å². The maximum atomic E-state index is 3.79. The summed E-state index contributed by atoms with van der Waals surface area (Å²) in [4.78, 5) is 2.77. The van der Waals surface area contributed by atoms with Gasteiger partial charge >= 0.3 is 0 Å². The van der Waals surface area contributed by atoms with Crippen molar-refractivity contribution >= 4 is 0 Å². The van der Waals surface area contributed by atoms with Crippen LogP contribution in [0.5, 0.6) is 0 Å². The molecule has 2 fully saturated rings. The minimum Gasteiger partial charge on any atom is -0.310 e. The molecular weight excluding hydrogens is 244 g/mol. The van der Waals surface area contributed by atoms with Gasteiger partial charge in [0.25, 0.3) is 0 Å². The minimum atomic E-state index is 0.331. The minimum absolute atomic E-state index is 0.331. The Labute approximate surface area is 123 Å². The topological polar surface area (TPSA) is 15.3 Å². The molecule has 2 aliphatic rings. The quantitative estimate of drug-likeness (QED) is 0.887. The first-order chi connectivity index (χ1) is 9.47. The van der Waals surface area contributed by atoms with Gasteiger partial charge in [-0.15, -0.1) is 0 Å². The van der Waals surface area contributed by atoms with Crippen molar-refractivity contribution in [1.82, 2.24) is 10.2 Å². The van der Waals surface area contributed by atoms with E-state index < -0.39 is 0 Å². The van der Waals surface area contributed by atoms with Gasteiger partial charge in [0.2, 0.25) is 0 Å². The molecule has 3 rings (SSSR count). The van der Waals surface area contributed by atoms with Crippen molar-refractivity contribution in [3.05, 3.63) is 35.9 Å². The van der Waals surface area contributed by atoms with Gasteiger partial charge < -0.3 is 5.32 Å². The van der Waals surface area contributed by atoms with Crippen LogP contribution >= 0.6 is 0 Å². The van der Waals surface area contributed by atoms with Crippen LogP contribution in [0.25, 0.3) is 0 Å². The fourth-order valence-electron chi connectivity index (χ4n) is 3.47. The molecule has 1 aliphatic carbocycles. The third kappa shape index (κ3) is 2.77. The van der Waals surface area contributed by atoms with E-state index in [2.05, 4.69) is 68.2 Å². The third-order valence-corrected chi connectivity index (χ3v) is 5.07. The van der Waals surface area contributed by atoms with Crippen LogP contribution in [0.1, 0.15) is 45.7 Å². The van der Waals surface area contributed by atoms with E-state index in [1.54, 1.807) is 0 Å². The molecule has 0 radical (unpaired) electrons. The molecule has 4 atom stereocenters. The lowest BCUT2D eigenvalue weighted by Crippen LogP contribution is -2.57. The first-order valence-electron chi connectivity index (χ1n) is 8.01. The summed E-state index contributed by atoms with van der Waals surface area (Å²) in [5.74, 6) is 0.875. The summed E-state index contributed by atoms with van der Waals surface area (Å²) in [5.41, 5.74) is 1.80. The Morgan fingerprint density at radius 3 is 2.35 bits per heavy atom. The second kappa shape index (κ2) is 5.16. The largest absolute Gasteiger partial charge is 0.310 e. The second-order valence-electron chi connectivity index (χ2n) is 7.73. The van der Waals surface area contributed by atoms with E-state index in [-0.39, 0.29) is 0 Å². The lowest BCUT2D eigenvalue weighted by molar-refractivity contribution is 0.0751. The van der Waals surface area contributed by atoms with E-state index in [1.807, 2.05) is 0 Å². The normalized spacial score (nSPS) is 35.0. The molecule has 0 spiro atoms. The zero-order valence-electron chi connectivity index (χ0n) is 13.3. The standard InChI is InChI=1S/C18H28N2/c1-13-10-15(13)20-12-17(18(2,3)4)19-11-16(20)14-8-6-5-7-9-14/h5-9,13,15-17,19H,10-12H2,1-4H3. The van der Waals surface area contributed by atoms with E-state index in [9.17, 15) is 0 Å². The SMILES string of the molecule is CC1CC1N1CC(C(C)(C)C)NCC1c1ccccc1. The molecule has 1 aromatic carbocycles. The lowest BCUT2D eigenvalue weighted by atomic mass is 9.84. The number of piperazine rings is 1. The Bertz CT molecular complexity index is 448. The van der Waals surface area contributed by atoms with Crippen molar-refractivity contribution in [3.8, 4) is 0 Å². The first kappa shape index (κ1) is 14.1. The van der Waals surface area contributed by atoms with Crippen LogP contribution in [0, 0.1) is 11.3 Å². The highest BCUT2D eigenvalue weighted by Gasteiger charge is 2.45. The molecule has 1 heterocycles. The fourth-order valence-corrected chi connectivity index (χ4v) is 3.47. The van der Waals surface area contributed by atoms with Crippen molar-refractivity contribution in [2.75, 3.05) is 13.1 Å². The van der Waals surface area contributed by atoms with Gasteiger partial charge in [0.1, 0.15) is 0 Å². The number of nitrogens with zero attached hydrogens (tertiary/aromatic N) is 1.